The number of likely N-dealkylation sites (N-methyl/N-ethyl adjacent to an activating group) is 1. The van der Waals surface area contributed by atoms with Gasteiger partial charge in [0.25, 0.3) is 0 Å². The number of aryl methyl sites for hydroxylation is 1. The number of nitrogens with one attached hydrogen (secondary N) is 1. The van der Waals surface area contributed by atoms with Crippen LogP contribution < -0.4 is 5.32 Å². The van der Waals surface area contributed by atoms with Crippen LogP contribution >= 0.6 is 11.3 Å². The molecule has 0 bridgehead atoms. The van der Waals surface area contributed by atoms with Crippen molar-refractivity contribution < 1.29 is 4.39 Å². The molecule has 0 aliphatic carbocycles. The molecular weight excluding hydrogens is 235 g/mol. The lowest BCUT2D eigenvalue weighted by Gasteiger charge is -2.15. The van der Waals surface area contributed by atoms with Crippen LogP contribution in [-0.2, 0) is 6.42 Å². The molecule has 1 unspecified atom stereocenters. The summed E-state index contributed by atoms with van der Waals surface area (Å²) in [5.74, 6) is -0.167. The number of halogens is 1. The highest BCUT2D eigenvalue weighted by Gasteiger charge is 2.15. The second-order valence-corrected chi connectivity index (χ2v) is 4.89. The lowest BCUT2D eigenvalue weighted by Crippen LogP contribution is -2.20. The third kappa shape index (κ3) is 2.90. The van der Waals surface area contributed by atoms with E-state index in [1.807, 2.05) is 31.5 Å². The summed E-state index contributed by atoms with van der Waals surface area (Å²) < 4.78 is 13.7. The summed E-state index contributed by atoms with van der Waals surface area (Å²) >= 11 is 1.62. The first-order valence-corrected chi connectivity index (χ1v) is 6.41. The molecule has 0 saturated carbocycles. The maximum absolute atomic E-state index is 13.7. The van der Waals surface area contributed by atoms with Crippen molar-refractivity contribution in [3.63, 3.8) is 0 Å². The monoisotopic (exact) mass is 250 g/mol. The van der Waals surface area contributed by atoms with Gasteiger partial charge in [0.15, 0.2) is 0 Å². The Morgan fingerprint density at radius 3 is 2.76 bits per heavy atom. The van der Waals surface area contributed by atoms with Crippen LogP contribution in [0.25, 0.3) is 0 Å². The van der Waals surface area contributed by atoms with Gasteiger partial charge >= 0.3 is 0 Å². The average molecular weight is 250 g/mol. The Balaban J connectivity index is 2.20. The maximum Gasteiger partial charge on any atom is 0.127 e. The Bertz CT molecular complexity index is 496. The van der Waals surface area contributed by atoms with Crippen molar-refractivity contribution in [3.8, 4) is 0 Å². The summed E-state index contributed by atoms with van der Waals surface area (Å²) in [7, 11) is 1.84. The van der Waals surface area contributed by atoms with E-state index >= 15 is 0 Å². The first-order chi connectivity index (χ1) is 8.20. The Kier molecular flexibility index (Phi) is 3.86. The highest BCUT2D eigenvalue weighted by molar-refractivity contribution is 7.09. The molecule has 0 fully saturated rings. The zero-order valence-electron chi connectivity index (χ0n) is 9.90. The van der Waals surface area contributed by atoms with E-state index in [0.29, 0.717) is 5.56 Å². The molecule has 1 N–H and O–H groups in total. The molecule has 2 rings (SSSR count). The van der Waals surface area contributed by atoms with E-state index in [4.69, 9.17) is 0 Å². The van der Waals surface area contributed by atoms with Gasteiger partial charge in [-0.05, 0) is 20.0 Å². The summed E-state index contributed by atoms with van der Waals surface area (Å²) in [5, 5.41) is 6.19. The molecule has 0 aliphatic heterocycles. The summed E-state index contributed by atoms with van der Waals surface area (Å²) in [4.78, 5) is 4.41. The fourth-order valence-corrected chi connectivity index (χ4v) is 2.62. The van der Waals surface area contributed by atoms with E-state index < -0.39 is 0 Å². The largest absolute Gasteiger partial charge is 0.313 e. The van der Waals surface area contributed by atoms with Gasteiger partial charge in [0, 0.05) is 29.1 Å². The summed E-state index contributed by atoms with van der Waals surface area (Å²) in [5.41, 5.74) is 1.72. The Morgan fingerprint density at radius 1 is 1.41 bits per heavy atom. The van der Waals surface area contributed by atoms with Gasteiger partial charge in [-0.25, -0.2) is 9.37 Å². The van der Waals surface area contributed by atoms with Crippen LogP contribution in [0.1, 0.15) is 22.3 Å². The molecular formula is C13H15FN2S. The van der Waals surface area contributed by atoms with Crippen molar-refractivity contribution in [1.29, 1.82) is 0 Å². The van der Waals surface area contributed by atoms with E-state index in [1.54, 1.807) is 17.4 Å². The van der Waals surface area contributed by atoms with E-state index in [0.717, 1.165) is 17.1 Å². The van der Waals surface area contributed by atoms with Gasteiger partial charge in [-0.1, -0.05) is 18.2 Å². The molecule has 4 heteroatoms. The number of nitrogens with zero attached hydrogens (tertiary/aromatic N) is 1. The zero-order chi connectivity index (χ0) is 12.3. The van der Waals surface area contributed by atoms with Crippen LogP contribution in [-0.4, -0.2) is 12.0 Å². The van der Waals surface area contributed by atoms with Crippen molar-refractivity contribution in [2.75, 3.05) is 7.05 Å². The Morgan fingerprint density at radius 2 is 2.18 bits per heavy atom. The van der Waals surface area contributed by atoms with E-state index in [1.165, 1.54) is 6.07 Å². The molecule has 0 spiro atoms. The number of thiazole rings is 1. The van der Waals surface area contributed by atoms with Crippen molar-refractivity contribution in [1.82, 2.24) is 10.3 Å². The maximum atomic E-state index is 13.7. The molecule has 1 aromatic heterocycles. The van der Waals surface area contributed by atoms with E-state index in [2.05, 4.69) is 10.3 Å². The van der Waals surface area contributed by atoms with Crippen LogP contribution in [0, 0.1) is 12.7 Å². The van der Waals surface area contributed by atoms with Gasteiger partial charge in [0.1, 0.15) is 5.82 Å². The molecule has 1 heterocycles. The predicted octanol–water partition coefficient (Wildman–Crippen LogP) is 3.09. The molecule has 0 radical (unpaired) electrons. The quantitative estimate of drug-likeness (QED) is 0.902. The molecule has 2 nitrogen and oxygen atoms in total. The third-order valence-electron chi connectivity index (χ3n) is 2.67. The average Bonchev–Trinajstić information content (AvgIpc) is 2.73. The molecule has 0 aliphatic rings. The minimum absolute atomic E-state index is 0.0262. The number of benzene rings is 1. The number of aromatic nitrogens is 1. The third-order valence-corrected chi connectivity index (χ3v) is 3.66. The van der Waals surface area contributed by atoms with Crippen LogP contribution in [0.15, 0.2) is 29.6 Å². The minimum Gasteiger partial charge on any atom is -0.313 e. The highest BCUT2D eigenvalue weighted by Crippen LogP contribution is 2.22. The highest BCUT2D eigenvalue weighted by atomic mass is 32.1. The van der Waals surface area contributed by atoms with Gasteiger partial charge in [-0.3, -0.25) is 0 Å². The number of rotatable bonds is 4. The normalized spacial score (nSPS) is 12.6. The molecule has 90 valence electrons. The van der Waals surface area contributed by atoms with E-state index in [9.17, 15) is 4.39 Å². The van der Waals surface area contributed by atoms with Crippen molar-refractivity contribution in [2.45, 2.75) is 19.4 Å². The Labute approximate surface area is 105 Å². The molecule has 1 atom stereocenters. The molecule has 2 aromatic rings. The van der Waals surface area contributed by atoms with Crippen LogP contribution in [0.2, 0.25) is 0 Å². The van der Waals surface area contributed by atoms with Gasteiger partial charge in [0.05, 0.1) is 5.01 Å². The van der Waals surface area contributed by atoms with Gasteiger partial charge in [-0.2, -0.15) is 0 Å². The van der Waals surface area contributed by atoms with Gasteiger partial charge < -0.3 is 5.32 Å². The first-order valence-electron chi connectivity index (χ1n) is 5.53. The summed E-state index contributed by atoms with van der Waals surface area (Å²) in [6, 6.07) is 6.85. The van der Waals surface area contributed by atoms with Crippen LogP contribution in [0.5, 0.6) is 0 Å². The fraction of sp³-hybridized carbons (Fsp3) is 0.308. The minimum atomic E-state index is -0.167. The van der Waals surface area contributed by atoms with Crippen molar-refractivity contribution in [2.24, 2.45) is 0 Å². The lowest BCUT2D eigenvalue weighted by molar-refractivity contribution is 0.533. The molecule has 17 heavy (non-hydrogen) atoms. The Hall–Kier alpha value is -1.26. The van der Waals surface area contributed by atoms with Crippen molar-refractivity contribution in [3.05, 3.63) is 51.7 Å². The first kappa shape index (κ1) is 12.2. The summed E-state index contributed by atoms with van der Waals surface area (Å²) in [6.07, 6.45) is 0.718. The standard InChI is InChI=1S/C13H15FN2S/c1-9-8-17-13(16-9)7-12(15-2)10-5-3-4-6-11(10)14/h3-6,8,12,15H,7H2,1-2H3. The zero-order valence-corrected chi connectivity index (χ0v) is 10.7. The van der Waals surface area contributed by atoms with Crippen LogP contribution in [0.3, 0.4) is 0 Å². The van der Waals surface area contributed by atoms with Crippen molar-refractivity contribution >= 4 is 11.3 Å². The molecule has 0 saturated heterocycles. The molecule has 1 aromatic carbocycles. The van der Waals surface area contributed by atoms with E-state index in [-0.39, 0.29) is 11.9 Å². The second-order valence-electron chi connectivity index (χ2n) is 3.95. The van der Waals surface area contributed by atoms with Gasteiger partial charge in [-0.15, -0.1) is 11.3 Å². The predicted molar refractivity (Wildman–Crippen MR) is 68.8 cm³/mol. The van der Waals surface area contributed by atoms with Crippen LogP contribution in [0.4, 0.5) is 4.39 Å². The number of hydrogen-bond donors (Lipinski definition) is 1. The molecule has 0 amide bonds. The topological polar surface area (TPSA) is 24.9 Å². The SMILES string of the molecule is CNC(Cc1nc(C)cs1)c1ccccc1F. The van der Waals surface area contributed by atoms with Gasteiger partial charge in [0.2, 0.25) is 0 Å². The summed E-state index contributed by atoms with van der Waals surface area (Å²) in [6.45, 7) is 1.97. The number of hydrogen-bond acceptors (Lipinski definition) is 3. The second kappa shape index (κ2) is 5.38. The lowest BCUT2D eigenvalue weighted by atomic mass is 10.0. The smallest absolute Gasteiger partial charge is 0.127 e. The fourth-order valence-electron chi connectivity index (χ4n) is 1.80.